The largest absolute Gasteiger partial charge is 0.339 e. The maximum atomic E-state index is 13.0. The van der Waals surface area contributed by atoms with Gasteiger partial charge in [-0.05, 0) is 22.9 Å². The second-order valence-electron chi connectivity index (χ2n) is 7.18. The van der Waals surface area contributed by atoms with Crippen molar-refractivity contribution in [3.63, 3.8) is 0 Å². The predicted octanol–water partition coefficient (Wildman–Crippen LogP) is 1.72. The summed E-state index contributed by atoms with van der Waals surface area (Å²) in [6.45, 7) is 3.94. The molecule has 0 atom stereocenters. The highest BCUT2D eigenvalue weighted by Gasteiger charge is 2.30. The molecule has 28 heavy (non-hydrogen) atoms. The third kappa shape index (κ3) is 4.20. The molecule has 2 aromatic rings. The topological polar surface area (TPSA) is 60.9 Å². The number of rotatable bonds is 4. The van der Waals surface area contributed by atoms with Crippen molar-refractivity contribution in [2.24, 2.45) is 0 Å². The Morgan fingerprint density at radius 3 is 2.29 bits per heavy atom. The molecule has 2 aliphatic rings. The Morgan fingerprint density at radius 1 is 0.893 bits per heavy atom. The third-order valence-electron chi connectivity index (χ3n) is 5.41. The number of amides is 1. The molecule has 0 aromatic heterocycles. The van der Waals surface area contributed by atoms with E-state index in [9.17, 15) is 13.2 Å². The van der Waals surface area contributed by atoms with E-state index in [-0.39, 0.29) is 5.91 Å². The van der Waals surface area contributed by atoms with Gasteiger partial charge in [0.25, 0.3) is 0 Å². The molecule has 2 fully saturated rings. The molecule has 2 saturated heterocycles. The number of piperazine rings is 1. The molecule has 2 aliphatic heterocycles. The van der Waals surface area contributed by atoms with Crippen molar-refractivity contribution >= 4 is 38.5 Å². The van der Waals surface area contributed by atoms with Crippen molar-refractivity contribution in [2.75, 3.05) is 57.3 Å². The van der Waals surface area contributed by atoms with Gasteiger partial charge in [0.2, 0.25) is 15.9 Å². The summed E-state index contributed by atoms with van der Waals surface area (Å²) >= 11 is 1.92. The molecule has 0 bridgehead atoms. The zero-order chi connectivity index (χ0) is 19.6. The summed E-state index contributed by atoms with van der Waals surface area (Å²) < 4.78 is 27.6. The molecule has 2 aromatic carbocycles. The molecule has 0 unspecified atom stereocenters. The van der Waals surface area contributed by atoms with Crippen LogP contribution in [0.1, 0.15) is 0 Å². The number of sulfonamides is 1. The lowest BCUT2D eigenvalue weighted by Crippen LogP contribution is -2.53. The number of benzene rings is 2. The third-order valence-corrected chi connectivity index (χ3v) is 8.25. The first-order valence-corrected chi connectivity index (χ1v) is 12.2. The van der Waals surface area contributed by atoms with E-state index >= 15 is 0 Å². The fraction of sp³-hybridized carbons (Fsp3) is 0.450. The van der Waals surface area contributed by atoms with Crippen molar-refractivity contribution in [3.8, 4) is 0 Å². The van der Waals surface area contributed by atoms with Gasteiger partial charge in [-0.2, -0.15) is 16.1 Å². The monoisotopic (exact) mass is 419 g/mol. The highest BCUT2D eigenvalue weighted by molar-refractivity contribution is 7.99. The Hall–Kier alpha value is -1.61. The van der Waals surface area contributed by atoms with Gasteiger partial charge >= 0.3 is 0 Å². The van der Waals surface area contributed by atoms with Gasteiger partial charge < -0.3 is 4.90 Å². The summed E-state index contributed by atoms with van der Waals surface area (Å²) in [5.41, 5.74) is 0. The summed E-state index contributed by atoms with van der Waals surface area (Å²) in [5.74, 6) is 2.26. The molecular formula is C20H25N3O3S2. The van der Waals surface area contributed by atoms with Gasteiger partial charge in [-0.25, -0.2) is 8.42 Å². The minimum atomic E-state index is -3.55. The number of thioether (sulfide) groups is 1. The van der Waals surface area contributed by atoms with Crippen molar-refractivity contribution in [2.45, 2.75) is 4.90 Å². The Kier molecular flexibility index (Phi) is 5.91. The van der Waals surface area contributed by atoms with Gasteiger partial charge in [-0.3, -0.25) is 9.69 Å². The second kappa shape index (κ2) is 8.41. The van der Waals surface area contributed by atoms with Crippen LogP contribution in [-0.4, -0.2) is 85.7 Å². The number of carbonyl (C=O) groups excluding carboxylic acids is 1. The van der Waals surface area contributed by atoms with Crippen LogP contribution in [0.25, 0.3) is 10.8 Å². The summed E-state index contributed by atoms with van der Waals surface area (Å²) in [6.07, 6.45) is 0. The highest BCUT2D eigenvalue weighted by atomic mass is 32.2. The van der Waals surface area contributed by atoms with Crippen LogP contribution in [0.5, 0.6) is 0 Å². The van der Waals surface area contributed by atoms with Gasteiger partial charge in [0, 0.05) is 50.8 Å². The maximum absolute atomic E-state index is 13.0. The van der Waals surface area contributed by atoms with E-state index in [2.05, 4.69) is 4.90 Å². The van der Waals surface area contributed by atoms with Crippen LogP contribution in [0.3, 0.4) is 0 Å². The zero-order valence-corrected chi connectivity index (χ0v) is 17.4. The number of hydrogen-bond acceptors (Lipinski definition) is 5. The minimum absolute atomic E-state index is 0.106. The van der Waals surface area contributed by atoms with Crippen molar-refractivity contribution in [3.05, 3.63) is 42.5 Å². The van der Waals surface area contributed by atoms with Crippen molar-refractivity contribution < 1.29 is 13.2 Å². The molecule has 8 heteroatoms. The quantitative estimate of drug-likeness (QED) is 0.755. The fourth-order valence-corrected chi connectivity index (χ4v) is 6.14. The average molecular weight is 420 g/mol. The Morgan fingerprint density at radius 2 is 1.57 bits per heavy atom. The summed E-state index contributed by atoms with van der Waals surface area (Å²) in [6, 6.07) is 13.0. The summed E-state index contributed by atoms with van der Waals surface area (Å²) in [4.78, 5) is 16.9. The Bertz CT molecular complexity index is 950. The molecule has 0 radical (unpaired) electrons. The molecule has 0 spiro atoms. The lowest BCUT2D eigenvalue weighted by molar-refractivity contribution is -0.133. The molecule has 6 nitrogen and oxygen atoms in total. The van der Waals surface area contributed by atoms with E-state index in [0.29, 0.717) is 37.6 Å². The Labute approximate surface area is 170 Å². The first kappa shape index (κ1) is 19.7. The predicted molar refractivity (Wildman–Crippen MR) is 113 cm³/mol. The van der Waals surface area contributed by atoms with Gasteiger partial charge in [0.05, 0.1) is 11.4 Å². The highest BCUT2D eigenvalue weighted by Crippen LogP contribution is 2.23. The van der Waals surface area contributed by atoms with Gasteiger partial charge in [0.15, 0.2) is 0 Å². The van der Waals surface area contributed by atoms with Gasteiger partial charge in [-0.1, -0.05) is 30.3 Å². The minimum Gasteiger partial charge on any atom is -0.339 e. The number of carbonyl (C=O) groups is 1. The van der Waals surface area contributed by atoms with E-state index in [1.54, 1.807) is 17.0 Å². The second-order valence-corrected chi connectivity index (χ2v) is 10.3. The number of fused-ring (bicyclic) bond motifs is 1. The molecule has 0 aliphatic carbocycles. The molecule has 150 valence electrons. The summed E-state index contributed by atoms with van der Waals surface area (Å²) in [7, 11) is -3.55. The molecule has 1 amide bonds. The van der Waals surface area contributed by atoms with E-state index in [1.807, 2.05) is 42.1 Å². The maximum Gasteiger partial charge on any atom is 0.243 e. The van der Waals surface area contributed by atoms with Crippen LogP contribution in [0.15, 0.2) is 47.4 Å². The molecule has 0 N–H and O–H groups in total. The van der Waals surface area contributed by atoms with E-state index < -0.39 is 10.0 Å². The number of nitrogens with zero attached hydrogens (tertiary/aromatic N) is 3. The molecule has 2 heterocycles. The first-order valence-electron chi connectivity index (χ1n) is 9.61. The van der Waals surface area contributed by atoms with E-state index in [0.717, 1.165) is 35.4 Å². The normalized spacial score (nSPS) is 19.8. The van der Waals surface area contributed by atoms with Crippen LogP contribution in [0, 0.1) is 0 Å². The van der Waals surface area contributed by atoms with Crippen LogP contribution in [0.4, 0.5) is 0 Å². The van der Waals surface area contributed by atoms with Gasteiger partial charge in [-0.15, -0.1) is 0 Å². The fourth-order valence-electron chi connectivity index (χ4n) is 3.71. The van der Waals surface area contributed by atoms with Crippen LogP contribution >= 0.6 is 11.8 Å². The average Bonchev–Trinajstić information content (AvgIpc) is 2.74. The van der Waals surface area contributed by atoms with E-state index in [1.165, 1.54) is 4.31 Å². The lowest BCUT2D eigenvalue weighted by Gasteiger charge is -2.35. The lowest BCUT2D eigenvalue weighted by atomic mass is 10.1. The smallest absolute Gasteiger partial charge is 0.243 e. The van der Waals surface area contributed by atoms with Crippen LogP contribution in [0.2, 0.25) is 0 Å². The molecular weight excluding hydrogens is 394 g/mol. The Balaban J connectivity index is 1.39. The molecule has 4 rings (SSSR count). The summed E-state index contributed by atoms with van der Waals surface area (Å²) in [5, 5.41) is 1.94. The van der Waals surface area contributed by atoms with Crippen LogP contribution < -0.4 is 0 Å². The number of hydrogen-bond donors (Lipinski definition) is 0. The van der Waals surface area contributed by atoms with Crippen molar-refractivity contribution in [1.82, 2.24) is 14.1 Å². The molecule has 0 saturated carbocycles. The van der Waals surface area contributed by atoms with Crippen LogP contribution in [-0.2, 0) is 14.8 Å². The van der Waals surface area contributed by atoms with E-state index in [4.69, 9.17) is 0 Å². The van der Waals surface area contributed by atoms with Crippen molar-refractivity contribution in [1.29, 1.82) is 0 Å². The SMILES string of the molecule is O=C(CN1CCSCC1)N1CCN(S(=O)(=O)c2ccc3ccccc3c2)CC1. The zero-order valence-electron chi connectivity index (χ0n) is 15.8. The standard InChI is InChI=1S/C20H25N3O3S2/c24-20(16-21-11-13-27-14-12-21)22-7-9-23(10-8-22)28(25,26)19-6-5-17-3-1-2-4-18(17)15-19/h1-6,15H,7-14,16H2. The van der Waals surface area contributed by atoms with Gasteiger partial charge in [0.1, 0.15) is 0 Å². The first-order chi connectivity index (χ1) is 13.5.